The van der Waals surface area contributed by atoms with Crippen molar-refractivity contribution in [1.29, 1.82) is 0 Å². The Morgan fingerprint density at radius 2 is 2.00 bits per heavy atom. The van der Waals surface area contributed by atoms with Crippen molar-refractivity contribution < 1.29 is 0 Å². The summed E-state index contributed by atoms with van der Waals surface area (Å²) in [5.41, 5.74) is 0. The molecule has 0 N–H and O–H groups in total. The molecule has 1 aliphatic heterocycles. The third-order valence-corrected chi connectivity index (χ3v) is 2.55. The second-order valence-electron chi connectivity index (χ2n) is 3.31. The van der Waals surface area contributed by atoms with Gasteiger partial charge in [0, 0.05) is 6.04 Å². The van der Waals surface area contributed by atoms with Crippen LogP contribution in [0.15, 0.2) is 12.7 Å². The Labute approximate surface area is 70.1 Å². The lowest BCUT2D eigenvalue weighted by Crippen LogP contribution is -2.37. The molecule has 1 fully saturated rings. The Kier molecular flexibility index (Phi) is 3.64. The van der Waals surface area contributed by atoms with Gasteiger partial charge in [0.05, 0.1) is 0 Å². The summed E-state index contributed by atoms with van der Waals surface area (Å²) in [5.74, 6) is 0. The molecule has 1 heterocycles. The highest BCUT2D eigenvalue weighted by Gasteiger charge is 2.15. The average Bonchev–Trinajstić information content (AvgIpc) is 2.09. The Balaban J connectivity index is 2.35. The monoisotopic (exact) mass is 153 g/mol. The molecule has 1 aliphatic rings. The van der Waals surface area contributed by atoms with Crippen LogP contribution < -0.4 is 0 Å². The molecule has 1 unspecified atom stereocenters. The van der Waals surface area contributed by atoms with Gasteiger partial charge < -0.3 is 0 Å². The van der Waals surface area contributed by atoms with Crippen LogP contribution in [0.1, 0.15) is 32.6 Å². The lowest BCUT2D eigenvalue weighted by atomic mass is 10.1. The van der Waals surface area contributed by atoms with Crippen LogP contribution in [0.2, 0.25) is 0 Å². The highest BCUT2D eigenvalue weighted by Crippen LogP contribution is 2.14. The Hall–Kier alpha value is -0.300. The first kappa shape index (κ1) is 8.79. The molecular formula is C10H19N. The van der Waals surface area contributed by atoms with Crippen LogP contribution >= 0.6 is 0 Å². The van der Waals surface area contributed by atoms with E-state index in [9.17, 15) is 0 Å². The second kappa shape index (κ2) is 4.55. The minimum Gasteiger partial charge on any atom is -0.297 e. The Morgan fingerprint density at radius 1 is 1.36 bits per heavy atom. The fourth-order valence-corrected chi connectivity index (χ4v) is 1.82. The van der Waals surface area contributed by atoms with Gasteiger partial charge >= 0.3 is 0 Å². The van der Waals surface area contributed by atoms with Crippen LogP contribution in [-0.2, 0) is 0 Å². The fourth-order valence-electron chi connectivity index (χ4n) is 1.82. The summed E-state index contributed by atoms with van der Waals surface area (Å²) in [5, 5.41) is 0. The number of piperidine rings is 1. The zero-order chi connectivity index (χ0) is 8.10. The van der Waals surface area contributed by atoms with Crippen LogP contribution in [0.5, 0.6) is 0 Å². The quantitative estimate of drug-likeness (QED) is 0.563. The van der Waals surface area contributed by atoms with Gasteiger partial charge in [-0.2, -0.15) is 0 Å². The summed E-state index contributed by atoms with van der Waals surface area (Å²) in [6.45, 7) is 8.67. The maximum Gasteiger partial charge on any atom is 0.0272 e. The lowest BCUT2D eigenvalue weighted by Gasteiger charge is -2.32. The molecule has 11 heavy (non-hydrogen) atoms. The predicted molar refractivity (Wildman–Crippen MR) is 49.7 cm³/mol. The molecule has 0 spiro atoms. The first-order valence-corrected chi connectivity index (χ1v) is 4.75. The molecular weight excluding hydrogens is 134 g/mol. The minimum absolute atomic E-state index is 0.635. The minimum atomic E-state index is 0.635. The molecule has 1 nitrogen and oxygen atoms in total. The van der Waals surface area contributed by atoms with E-state index in [1.165, 1.54) is 38.8 Å². The van der Waals surface area contributed by atoms with E-state index in [-0.39, 0.29) is 0 Å². The molecule has 0 amide bonds. The summed E-state index contributed by atoms with van der Waals surface area (Å²) in [7, 11) is 0. The van der Waals surface area contributed by atoms with E-state index < -0.39 is 0 Å². The standard InChI is InChI=1S/C10H19N/c1-3-10(4-2)11-8-6-5-7-9-11/h3,10H,1,4-9H2,2H3. The third kappa shape index (κ3) is 2.33. The van der Waals surface area contributed by atoms with E-state index in [4.69, 9.17) is 0 Å². The van der Waals surface area contributed by atoms with Gasteiger partial charge in [-0.05, 0) is 32.4 Å². The molecule has 1 saturated heterocycles. The zero-order valence-electron chi connectivity index (χ0n) is 7.55. The maximum atomic E-state index is 3.87. The number of hydrogen-bond donors (Lipinski definition) is 0. The van der Waals surface area contributed by atoms with E-state index in [0.717, 1.165) is 0 Å². The van der Waals surface area contributed by atoms with Gasteiger partial charge in [-0.15, -0.1) is 6.58 Å². The number of nitrogens with zero attached hydrogens (tertiary/aromatic N) is 1. The molecule has 0 radical (unpaired) electrons. The predicted octanol–water partition coefficient (Wildman–Crippen LogP) is 2.44. The average molecular weight is 153 g/mol. The first-order valence-electron chi connectivity index (χ1n) is 4.75. The van der Waals surface area contributed by atoms with Gasteiger partial charge in [-0.25, -0.2) is 0 Å². The fraction of sp³-hybridized carbons (Fsp3) is 0.800. The van der Waals surface area contributed by atoms with Crippen molar-refractivity contribution in [3.8, 4) is 0 Å². The largest absolute Gasteiger partial charge is 0.297 e. The van der Waals surface area contributed by atoms with Crippen LogP contribution in [0.4, 0.5) is 0 Å². The lowest BCUT2D eigenvalue weighted by molar-refractivity contribution is 0.187. The SMILES string of the molecule is C=CC(CC)N1CCCCC1. The van der Waals surface area contributed by atoms with Crippen LogP contribution in [0, 0.1) is 0 Å². The Morgan fingerprint density at radius 3 is 2.45 bits per heavy atom. The summed E-state index contributed by atoms with van der Waals surface area (Å²) in [6, 6.07) is 0.635. The summed E-state index contributed by atoms with van der Waals surface area (Å²) in [4.78, 5) is 2.55. The highest BCUT2D eigenvalue weighted by atomic mass is 15.1. The zero-order valence-corrected chi connectivity index (χ0v) is 7.55. The van der Waals surface area contributed by atoms with E-state index in [0.29, 0.717) is 6.04 Å². The number of likely N-dealkylation sites (tertiary alicyclic amines) is 1. The molecule has 0 aromatic carbocycles. The summed E-state index contributed by atoms with van der Waals surface area (Å²) < 4.78 is 0. The maximum absolute atomic E-state index is 3.87. The van der Waals surface area contributed by atoms with Crippen molar-refractivity contribution in [2.45, 2.75) is 38.6 Å². The second-order valence-corrected chi connectivity index (χ2v) is 3.31. The normalized spacial score (nSPS) is 23.0. The molecule has 64 valence electrons. The van der Waals surface area contributed by atoms with E-state index in [1.807, 2.05) is 0 Å². The first-order chi connectivity index (χ1) is 5.38. The molecule has 1 atom stereocenters. The van der Waals surface area contributed by atoms with Crippen LogP contribution in [-0.4, -0.2) is 24.0 Å². The van der Waals surface area contributed by atoms with Gasteiger partial charge in [0.1, 0.15) is 0 Å². The molecule has 1 heteroatoms. The van der Waals surface area contributed by atoms with Crippen molar-refractivity contribution in [3.63, 3.8) is 0 Å². The van der Waals surface area contributed by atoms with Crippen LogP contribution in [0.25, 0.3) is 0 Å². The Bertz CT molecular complexity index is 114. The molecule has 0 aromatic rings. The third-order valence-electron chi connectivity index (χ3n) is 2.55. The van der Waals surface area contributed by atoms with E-state index in [2.05, 4.69) is 24.5 Å². The van der Waals surface area contributed by atoms with E-state index >= 15 is 0 Å². The van der Waals surface area contributed by atoms with Gasteiger partial charge in [-0.3, -0.25) is 4.90 Å². The topological polar surface area (TPSA) is 3.24 Å². The van der Waals surface area contributed by atoms with Crippen LogP contribution in [0.3, 0.4) is 0 Å². The summed E-state index contributed by atoms with van der Waals surface area (Å²) in [6.07, 6.45) is 7.48. The van der Waals surface area contributed by atoms with Crippen molar-refractivity contribution in [2.75, 3.05) is 13.1 Å². The van der Waals surface area contributed by atoms with Crippen molar-refractivity contribution >= 4 is 0 Å². The molecule has 0 bridgehead atoms. The molecule has 0 aliphatic carbocycles. The molecule has 1 rings (SSSR count). The highest BCUT2D eigenvalue weighted by molar-refractivity contribution is 4.87. The smallest absolute Gasteiger partial charge is 0.0272 e. The van der Waals surface area contributed by atoms with E-state index in [1.54, 1.807) is 0 Å². The summed E-state index contributed by atoms with van der Waals surface area (Å²) >= 11 is 0. The van der Waals surface area contributed by atoms with Gasteiger partial charge in [0.15, 0.2) is 0 Å². The van der Waals surface area contributed by atoms with Crippen molar-refractivity contribution in [2.24, 2.45) is 0 Å². The molecule has 0 aromatic heterocycles. The molecule has 0 saturated carbocycles. The van der Waals surface area contributed by atoms with Crippen molar-refractivity contribution in [3.05, 3.63) is 12.7 Å². The van der Waals surface area contributed by atoms with Gasteiger partial charge in [0.25, 0.3) is 0 Å². The van der Waals surface area contributed by atoms with Gasteiger partial charge in [0.2, 0.25) is 0 Å². The van der Waals surface area contributed by atoms with Gasteiger partial charge in [-0.1, -0.05) is 19.4 Å². The van der Waals surface area contributed by atoms with Crippen molar-refractivity contribution in [1.82, 2.24) is 4.90 Å². The number of hydrogen-bond acceptors (Lipinski definition) is 1. The number of rotatable bonds is 3.